The van der Waals surface area contributed by atoms with Crippen LogP contribution in [0.2, 0.25) is 0 Å². The number of nitrogens with zero attached hydrogens (tertiary/aromatic N) is 3. The smallest absolute Gasteiger partial charge is 0.272 e. The maximum atomic E-state index is 12.2. The monoisotopic (exact) mass is 354 g/mol. The molecular weight excluding hydrogens is 332 g/mol. The van der Waals surface area contributed by atoms with Crippen molar-refractivity contribution < 1.29 is 9.53 Å². The Hall–Kier alpha value is -2.83. The Bertz CT molecular complexity index is 985. The van der Waals surface area contributed by atoms with E-state index in [-0.39, 0.29) is 11.5 Å². The molecule has 1 fully saturated rings. The predicted molar refractivity (Wildman–Crippen MR) is 98.5 cm³/mol. The second kappa shape index (κ2) is 7.19. The molecule has 0 atom stereocenters. The van der Waals surface area contributed by atoms with Crippen molar-refractivity contribution >= 4 is 22.6 Å². The number of carbonyl (C=O) groups excluding carboxylic acids is 1. The van der Waals surface area contributed by atoms with Crippen LogP contribution in [-0.2, 0) is 4.79 Å². The number of amides is 1. The predicted octanol–water partition coefficient (Wildman–Crippen LogP) is 2.35. The molecule has 4 rings (SSSR count). The lowest BCUT2D eigenvalue weighted by atomic mass is 10.1. The summed E-state index contributed by atoms with van der Waals surface area (Å²) in [5, 5.41) is 0. The van der Waals surface area contributed by atoms with E-state index in [1.54, 1.807) is 28.8 Å². The summed E-state index contributed by atoms with van der Waals surface area (Å²) in [6.45, 7) is 2.21. The van der Waals surface area contributed by atoms with Crippen molar-refractivity contribution in [3.63, 3.8) is 0 Å². The Morgan fingerprint density at radius 2 is 2.04 bits per heavy atom. The highest BCUT2D eigenvalue weighted by atomic mass is 16.5. The lowest BCUT2D eigenvalue weighted by Crippen LogP contribution is -2.35. The molecule has 7 heteroatoms. The van der Waals surface area contributed by atoms with Crippen LogP contribution < -0.4 is 10.3 Å². The van der Waals surface area contributed by atoms with E-state index in [1.807, 2.05) is 11.0 Å². The van der Waals surface area contributed by atoms with Gasteiger partial charge in [0, 0.05) is 31.8 Å². The van der Waals surface area contributed by atoms with Crippen molar-refractivity contribution in [2.75, 3.05) is 19.7 Å². The van der Waals surface area contributed by atoms with Gasteiger partial charge in [-0.25, -0.2) is 0 Å². The average molecular weight is 354 g/mol. The number of rotatable bonds is 5. The van der Waals surface area contributed by atoms with Gasteiger partial charge in [-0.15, -0.1) is 0 Å². The van der Waals surface area contributed by atoms with Crippen LogP contribution in [0.3, 0.4) is 0 Å². The number of nitrogens with one attached hydrogen (secondary N) is 1. The fourth-order valence-electron chi connectivity index (χ4n) is 3.43. The molecule has 0 spiro atoms. The summed E-state index contributed by atoms with van der Waals surface area (Å²) in [5.41, 5.74) is 1.71. The average Bonchev–Trinajstić information content (AvgIpc) is 3.17. The maximum absolute atomic E-state index is 12.2. The summed E-state index contributed by atoms with van der Waals surface area (Å²) in [4.78, 5) is 33.4. The number of aromatic amines is 1. The van der Waals surface area contributed by atoms with Crippen molar-refractivity contribution in [3.05, 3.63) is 40.8 Å². The molecule has 136 valence electrons. The van der Waals surface area contributed by atoms with E-state index in [2.05, 4.69) is 9.97 Å². The van der Waals surface area contributed by atoms with Gasteiger partial charge in [0.05, 0.1) is 12.1 Å². The molecule has 26 heavy (non-hydrogen) atoms. The van der Waals surface area contributed by atoms with E-state index in [4.69, 9.17) is 4.74 Å². The summed E-state index contributed by atoms with van der Waals surface area (Å²) in [6, 6.07) is 7.09. The molecule has 1 aliphatic rings. The fourth-order valence-corrected chi connectivity index (χ4v) is 3.43. The zero-order valence-corrected chi connectivity index (χ0v) is 14.6. The zero-order chi connectivity index (χ0) is 17.9. The number of ether oxygens (including phenoxy) is 1. The number of aromatic nitrogens is 3. The Kier molecular flexibility index (Phi) is 4.60. The maximum Gasteiger partial charge on any atom is 0.272 e. The Balaban J connectivity index is 1.39. The van der Waals surface area contributed by atoms with Crippen molar-refractivity contribution in [1.29, 1.82) is 0 Å². The molecule has 1 N–H and O–H groups in total. The van der Waals surface area contributed by atoms with Gasteiger partial charge in [-0.1, -0.05) is 0 Å². The SMILES string of the molecule is O=C(CCCOc1ccc2[nH]c(=O)c3cccn3c2n1)N1CCCCC1. The topological polar surface area (TPSA) is 79.7 Å². The molecule has 0 bridgehead atoms. The number of piperidine rings is 1. The lowest BCUT2D eigenvalue weighted by molar-refractivity contribution is -0.132. The molecule has 3 aromatic heterocycles. The van der Waals surface area contributed by atoms with Crippen molar-refractivity contribution in [2.24, 2.45) is 0 Å². The Morgan fingerprint density at radius 1 is 1.19 bits per heavy atom. The van der Waals surface area contributed by atoms with Crippen LogP contribution in [0.15, 0.2) is 35.3 Å². The van der Waals surface area contributed by atoms with Gasteiger partial charge in [0.2, 0.25) is 11.8 Å². The standard InChI is InChI=1S/C19H22N4O3/c24-17(22-10-2-1-3-11-22)7-5-13-26-16-9-8-14-18(21-16)23-12-4-6-15(23)19(25)20-14/h4,6,8-9,12H,1-3,5,7,10-11,13H2,(H,20,25). The molecule has 1 saturated heterocycles. The van der Waals surface area contributed by atoms with Crippen LogP contribution >= 0.6 is 0 Å². The molecular formula is C19H22N4O3. The highest BCUT2D eigenvalue weighted by Crippen LogP contribution is 2.16. The molecule has 3 aromatic rings. The largest absolute Gasteiger partial charge is 0.478 e. The first-order chi connectivity index (χ1) is 12.7. The molecule has 0 radical (unpaired) electrons. The number of likely N-dealkylation sites (tertiary alicyclic amines) is 1. The third-order valence-electron chi connectivity index (χ3n) is 4.80. The van der Waals surface area contributed by atoms with Gasteiger partial charge < -0.3 is 14.6 Å². The first kappa shape index (κ1) is 16.6. The van der Waals surface area contributed by atoms with Crippen LogP contribution in [0, 0.1) is 0 Å². The minimum Gasteiger partial charge on any atom is -0.478 e. The van der Waals surface area contributed by atoms with Crippen molar-refractivity contribution in [1.82, 2.24) is 19.3 Å². The van der Waals surface area contributed by atoms with Crippen LogP contribution in [0.5, 0.6) is 5.88 Å². The van der Waals surface area contributed by atoms with Gasteiger partial charge in [-0.05, 0) is 43.9 Å². The molecule has 1 aliphatic heterocycles. The summed E-state index contributed by atoms with van der Waals surface area (Å²) < 4.78 is 7.47. The molecule has 1 amide bonds. The highest BCUT2D eigenvalue weighted by molar-refractivity contribution is 5.76. The summed E-state index contributed by atoms with van der Waals surface area (Å²) >= 11 is 0. The van der Waals surface area contributed by atoms with Crippen molar-refractivity contribution in [2.45, 2.75) is 32.1 Å². The zero-order valence-electron chi connectivity index (χ0n) is 14.6. The number of pyridine rings is 1. The van der Waals surface area contributed by atoms with E-state index in [0.29, 0.717) is 42.0 Å². The fraction of sp³-hybridized carbons (Fsp3) is 0.421. The highest BCUT2D eigenvalue weighted by Gasteiger charge is 2.15. The van der Waals surface area contributed by atoms with Crippen LogP contribution in [-0.4, -0.2) is 44.9 Å². The van der Waals surface area contributed by atoms with E-state index in [0.717, 1.165) is 25.9 Å². The molecule has 4 heterocycles. The van der Waals surface area contributed by atoms with Gasteiger partial charge in [0.15, 0.2) is 5.65 Å². The van der Waals surface area contributed by atoms with E-state index >= 15 is 0 Å². The second-order valence-electron chi connectivity index (χ2n) is 6.63. The lowest BCUT2D eigenvalue weighted by Gasteiger charge is -2.26. The van der Waals surface area contributed by atoms with Gasteiger partial charge >= 0.3 is 0 Å². The summed E-state index contributed by atoms with van der Waals surface area (Å²) in [6.07, 6.45) is 6.42. The van der Waals surface area contributed by atoms with E-state index in [9.17, 15) is 9.59 Å². The van der Waals surface area contributed by atoms with Gasteiger partial charge in [0.25, 0.3) is 5.56 Å². The molecule has 7 nitrogen and oxygen atoms in total. The second-order valence-corrected chi connectivity index (χ2v) is 6.63. The van der Waals surface area contributed by atoms with Gasteiger partial charge in [0.1, 0.15) is 5.52 Å². The quantitative estimate of drug-likeness (QED) is 0.713. The minimum absolute atomic E-state index is 0.144. The van der Waals surface area contributed by atoms with E-state index < -0.39 is 0 Å². The Labute approximate surface area is 150 Å². The Morgan fingerprint density at radius 3 is 2.88 bits per heavy atom. The number of H-pyrrole nitrogens is 1. The normalized spacial score (nSPS) is 14.8. The summed E-state index contributed by atoms with van der Waals surface area (Å²) in [7, 11) is 0. The minimum atomic E-state index is -0.144. The third-order valence-corrected chi connectivity index (χ3v) is 4.80. The van der Waals surface area contributed by atoms with Crippen LogP contribution in [0.25, 0.3) is 16.7 Å². The van der Waals surface area contributed by atoms with Crippen LogP contribution in [0.1, 0.15) is 32.1 Å². The van der Waals surface area contributed by atoms with Gasteiger partial charge in [-0.3, -0.25) is 14.0 Å². The number of hydrogen-bond donors (Lipinski definition) is 1. The number of hydrogen-bond acceptors (Lipinski definition) is 4. The molecule has 0 aromatic carbocycles. The number of carbonyl (C=O) groups is 1. The van der Waals surface area contributed by atoms with Gasteiger partial charge in [-0.2, -0.15) is 4.98 Å². The van der Waals surface area contributed by atoms with Crippen molar-refractivity contribution in [3.8, 4) is 5.88 Å². The first-order valence-corrected chi connectivity index (χ1v) is 9.13. The summed E-state index contributed by atoms with van der Waals surface area (Å²) in [5.74, 6) is 0.705. The van der Waals surface area contributed by atoms with E-state index in [1.165, 1.54) is 6.42 Å². The van der Waals surface area contributed by atoms with Crippen LogP contribution in [0.4, 0.5) is 0 Å². The third kappa shape index (κ3) is 3.29. The number of fused-ring (bicyclic) bond motifs is 3. The molecule has 0 unspecified atom stereocenters. The first-order valence-electron chi connectivity index (χ1n) is 9.13. The molecule has 0 aliphatic carbocycles. The molecule has 0 saturated carbocycles.